The number of methoxy groups -OCH3 is 1. The first-order valence-corrected chi connectivity index (χ1v) is 8.57. The van der Waals surface area contributed by atoms with Crippen LogP contribution in [0.3, 0.4) is 0 Å². The van der Waals surface area contributed by atoms with Crippen molar-refractivity contribution in [2.24, 2.45) is 0 Å². The minimum absolute atomic E-state index is 0.0540. The number of hydrogen-bond donors (Lipinski definition) is 1. The second-order valence-corrected chi connectivity index (χ2v) is 6.09. The Morgan fingerprint density at radius 2 is 2.04 bits per heavy atom. The Morgan fingerprint density at radius 3 is 2.70 bits per heavy atom. The molecule has 0 aliphatic carbocycles. The van der Waals surface area contributed by atoms with Gasteiger partial charge in [0.05, 0.1) is 24.6 Å². The predicted octanol–water partition coefficient (Wildman–Crippen LogP) is 3.15. The maximum Gasteiger partial charge on any atom is 0.416 e. The van der Waals surface area contributed by atoms with Crippen LogP contribution >= 0.6 is 0 Å². The number of amides is 1. The Morgan fingerprint density at radius 1 is 1.30 bits per heavy atom. The normalized spacial score (nSPS) is 12.8. The highest BCUT2D eigenvalue weighted by Crippen LogP contribution is 2.29. The van der Waals surface area contributed by atoms with Gasteiger partial charge in [-0.2, -0.15) is 13.2 Å². The van der Waals surface area contributed by atoms with Gasteiger partial charge < -0.3 is 14.5 Å². The molecule has 27 heavy (non-hydrogen) atoms. The molecule has 2 rings (SSSR count). The van der Waals surface area contributed by atoms with Gasteiger partial charge in [-0.15, -0.1) is 10.2 Å². The lowest BCUT2D eigenvalue weighted by Crippen LogP contribution is -2.37. The third kappa shape index (κ3) is 6.67. The molecule has 0 spiro atoms. The number of ether oxygens (including phenoxy) is 1. The molecular weight excluding hydrogens is 363 g/mol. The van der Waals surface area contributed by atoms with Gasteiger partial charge in [-0.05, 0) is 18.1 Å². The van der Waals surface area contributed by atoms with Crippen molar-refractivity contribution in [3.05, 3.63) is 47.2 Å². The van der Waals surface area contributed by atoms with Gasteiger partial charge in [-0.1, -0.05) is 25.1 Å². The monoisotopic (exact) mass is 385 g/mol. The number of benzene rings is 1. The van der Waals surface area contributed by atoms with Gasteiger partial charge in [0.2, 0.25) is 17.7 Å². The third-order valence-electron chi connectivity index (χ3n) is 3.91. The molecule has 1 heterocycles. The van der Waals surface area contributed by atoms with E-state index < -0.39 is 11.7 Å². The minimum atomic E-state index is -4.40. The van der Waals surface area contributed by atoms with Crippen molar-refractivity contribution in [1.29, 1.82) is 0 Å². The number of aromatic nitrogens is 2. The maximum absolute atomic E-state index is 12.8. The van der Waals surface area contributed by atoms with Gasteiger partial charge in [0, 0.05) is 20.0 Å². The van der Waals surface area contributed by atoms with Crippen molar-refractivity contribution >= 4 is 5.91 Å². The van der Waals surface area contributed by atoms with Crippen LogP contribution in [0.15, 0.2) is 28.7 Å². The lowest BCUT2D eigenvalue weighted by atomic mass is 10.1. The molecule has 6 nitrogen and oxygen atoms in total. The molecule has 1 aromatic carbocycles. The van der Waals surface area contributed by atoms with E-state index in [0.29, 0.717) is 12.2 Å². The molecule has 1 atom stereocenters. The summed E-state index contributed by atoms with van der Waals surface area (Å²) in [6.07, 6.45) is -3.13. The summed E-state index contributed by atoms with van der Waals surface area (Å²) in [6.45, 7) is 2.38. The molecule has 0 fully saturated rings. The van der Waals surface area contributed by atoms with Crippen molar-refractivity contribution in [3.63, 3.8) is 0 Å². The highest BCUT2D eigenvalue weighted by Gasteiger charge is 2.30. The average molecular weight is 385 g/mol. The molecule has 0 saturated heterocycles. The van der Waals surface area contributed by atoms with Crippen LogP contribution in [-0.2, 0) is 28.5 Å². The molecule has 1 aromatic heterocycles. The number of alkyl halides is 3. The van der Waals surface area contributed by atoms with Crippen LogP contribution in [-0.4, -0.2) is 35.9 Å². The van der Waals surface area contributed by atoms with Gasteiger partial charge in [-0.25, -0.2) is 0 Å². The van der Waals surface area contributed by atoms with E-state index in [9.17, 15) is 18.0 Å². The smallest absolute Gasteiger partial charge is 0.416 e. The molecule has 0 aliphatic heterocycles. The molecule has 0 saturated carbocycles. The SMILES string of the molecule is CC[C@H](COC)NC(=O)CCc1nnc(Cc2cccc(C(F)(F)F)c2)o1. The highest BCUT2D eigenvalue weighted by molar-refractivity contribution is 5.76. The number of hydrogen-bond acceptors (Lipinski definition) is 5. The number of carbonyl (C=O) groups is 1. The first-order valence-electron chi connectivity index (χ1n) is 8.57. The van der Waals surface area contributed by atoms with E-state index in [0.717, 1.165) is 18.6 Å². The van der Waals surface area contributed by atoms with E-state index in [2.05, 4.69) is 15.5 Å². The molecule has 0 aliphatic rings. The van der Waals surface area contributed by atoms with Crippen LogP contribution in [0.5, 0.6) is 0 Å². The summed E-state index contributed by atoms with van der Waals surface area (Å²) in [5.74, 6) is 0.319. The second-order valence-electron chi connectivity index (χ2n) is 6.09. The topological polar surface area (TPSA) is 77.2 Å². The van der Waals surface area contributed by atoms with Gasteiger partial charge in [-0.3, -0.25) is 4.79 Å². The van der Waals surface area contributed by atoms with Gasteiger partial charge in [0.1, 0.15) is 0 Å². The Balaban J connectivity index is 1.89. The first kappa shape index (κ1) is 20.9. The summed E-state index contributed by atoms with van der Waals surface area (Å²) >= 11 is 0. The minimum Gasteiger partial charge on any atom is -0.425 e. The van der Waals surface area contributed by atoms with Gasteiger partial charge >= 0.3 is 6.18 Å². The van der Waals surface area contributed by atoms with Crippen LogP contribution in [0, 0.1) is 0 Å². The molecule has 0 bridgehead atoms. The summed E-state index contributed by atoms with van der Waals surface area (Å²) in [7, 11) is 1.57. The van der Waals surface area contributed by atoms with Crippen molar-refractivity contribution in [3.8, 4) is 0 Å². The van der Waals surface area contributed by atoms with E-state index in [4.69, 9.17) is 9.15 Å². The zero-order chi connectivity index (χ0) is 19.9. The number of nitrogens with zero attached hydrogens (tertiary/aromatic N) is 2. The molecule has 2 aromatic rings. The Kier molecular flexibility index (Phi) is 7.35. The predicted molar refractivity (Wildman–Crippen MR) is 91.0 cm³/mol. The van der Waals surface area contributed by atoms with E-state index >= 15 is 0 Å². The lowest BCUT2D eigenvalue weighted by Gasteiger charge is -2.15. The number of aryl methyl sites for hydroxylation is 1. The summed E-state index contributed by atoms with van der Waals surface area (Å²) in [5.41, 5.74) is -0.305. The number of carbonyl (C=O) groups excluding carboxylic acids is 1. The fourth-order valence-corrected chi connectivity index (χ4v) is 2.48. The van der Waals surface area contributed by atoms with E-state index in [-0.39, 0.29) is 43.0 Å². The van der Waals surface area contributed by atoms with Crippen molar-refractivity contribution in [1.82, 2.24) is 15.5 Å². The van der Waals surface area contributed by atoms with Crippen molar-refractivity contribution in [2.45, 2.75) is 44.8 Å². The zero-order valence-electron chi connectivity index (χ0n) is 15.2. The Bertz CT molecular complexity index is 747. The summed E-state index contributed by atoms with van der Waals surface area (Å²) in [6, 6.07) is 4.91. The largest absolute Gasteiger partial charge is 0.425 e. The van der Waals surface area contributed by atoms with Crippen molar-refractivity contribution in [2.75, 3.05) is 13.7 Å². The highest BCUT2D eigenvalue weighted by atomic mass is 19.4. The fourth-order valence-electron chi connectivity index (χ4n) is 2.48. The molecule has 0 radical (unpaired) electrons. The molecule has 9 heteroatoms. The standard InChI is InChI=1S/C18H22F3N3O3/c1-3-14(11-26-2)22-15(25)7-8-16-23-24-17(27-16)10-12-5-4-6-13(9-12)18(19,20)21/h4-6,9,14H,3,7-8,10-11H2,1-2H3,(H,22,25)/t14-/m1/s1. The van der Waals surface area contributed by atoms with E-state index in [1.807, 2.05) is 6.92 Å². The van der Waals surface area contributed by atoms with Crippen molar-refractivity contribution < 1.29 is 27.1 Å². The third-order valence-corrected chi connectivity index (χ3v) is 3.91. The summed E-state index contributed by atoms with van der Waals surface area (Å²) in [5, 5.41) is 10.5. The fraction of sp³-hybridized carbons (Fsp3) is 0.500. The zero-order valence-corrected chi connectivity index (χ0v) is 15.2. The number of halogens is 3. The van der Waals surface area contributed by atoms with Crippen LogP contribution in [0.1, 0.15) is 42.7 Å². The van der Waals surface area contributed by atoms with E-state index in [1.54, 1.807) is 13.2 Å². The molecule has 0 unspecified atom stereocenters. The first-order chi connectivity index (χ1) is 12.8. The molecule has 148 valence electrons. The average Bonchev–Trinajstić information content (AvgIpc) is 3.06. The van der Waals surface area contributed by atoms with Crippen LogP contribution in [0.25, 0.3) is 0 Å². The van der Waals surface area contributed by atoms with Gasteiger partial charge in [0.25, 0.3) is 0 Å². The number of nitrogens with one attached hydrogen (secondary N) is 1. The molecule has 1 N–H and O–H groups in total. The summed E-state index contributed by atoms with van der Waals surface area (Å²) in [4.78, 5) is 11.9. The Hall–Kier alpha value is -2.42. The maximum atomic E-state index is 12.8. The van der Waals surface area contributed by atoms with E-state index in [1.165, 1.54) is 6.07 Å². The molecular formula is C18H22F3N3O3. The second kappa shape index (κ2) is 9.50. The lowest BCUT2D eigenvalue weighted by molar-refractivity contribution is -0.137. The van der Waals surface area contributed by atoms with Crippen LogP contribution in [0.4, 0.5) is 13.2 Å². The number of rotatable bonds is 9. The van der Waals surface area contributed by atoms with Crippen LogP contribution in [0.2, 0.25) is 0 Å². The quantitative estimate of drug-likeness (QED) is 0.718. The Labute approximate surface area is 155 Å². The van der Waals surface area contributed by atoms with Gasteiger partial charge in [0.15, 0.2) is 0 Å². The molecule has 1 amide bonds. The summed E-state index contributed by atoms with van der Waals surface area (Å²) < 4.78 is 48.7. The van der Waals surface area contributed by atoms with Crippen LogP contribution < -0.4 is 5.32 Å².